The van der Waals surface area contributed by atoms with Crippen molar-refractivity contribution in [3.63, 3.8) is 0 Å². The molecule has 0 saturated heterocycles. The molecule has 0 atom stereocenters. The van der Waals surface area contributed by atoms with Crippen LogP contribution < -0.4 is 5.73 Å². The average Bonchev–Trinajstić information content (AvgIpc) is 2.97. The molecule has 16 heavy (non-hydrogen) atoms. The average molecular weight is 224 g/mol. The van der Waals surface area contributed by atoms with E-state index < -0.39 is 0 Å². The molecule has 94 valence electrons. The maximum Gasteiger partial charge on any atom is 0.0166 e. The van der Waals surface area contributed by atoms with Crippen LogP contribution in [0, 0.1) is 5.92 Å². The summed E-state index contributed by atoms with van der Waals surface area (Å²) in [6.45, 7) is 7.15. The van der Waals surface area contributed by atoms with Gasteiger partial charge in [-0.3, -0.25) is 0 Å². The lowest BCUT2D eigenvalue weighted by atomic mass is 9.94. The molecule has 0 amide bonds. The van der Waals surface area contributed by atoms with E-state index in [2.05, 4.69) is 18.7 Å². The zero-order valence-electron chi connectivity index (χ0n) is 11.0. The molecule has 0 bridgehead atoms. The third-order valence-electron chi connectivity index (χ3n) is 4.16. The maximum absolute atomic E-state index is 6.43. The summed E-state index contributed by atoms with van der Waals surface area (Å²) < 4.78 is 0. The first-order valence-electron chi connectivity index (χ1n) is 7.12. The molecule has 2 aliphatic carbocycles. The minimum Gasteiger partial charge on any atom is -0.325 e. The van der Waals surface area contributed by atoms with Gasteiger partial charge in [-0.25, -0.2) is 0 Å². The first-order chi connectivity index (χ1) is 7.59. The molecule has 0 heterocycles. The molecule has 0 spiro atoms. The molecule has 2 N–H and O–H groups in total. The molecule has 2 nitrogen and oxygen atoms in total. The van der Waals surface area contributed by atoms with Gasteiger partial charge in [-0.1, -0.05) is 26.7 Å². The van der Waals surface area contributed by atoms with Crippen LogP contribution in [0.2, 0.25) is 0 Å². The zero-order valence-corrected chi connectivity index (χ0v) is 11.0. The number of hydrogen-bond donors (Lipinski definition) is 1. The molecular formula is C14H28N2. The van der Waals surface area contributed by atoms with Gasteiger partial charge in [0.25, 0.3) is 0 Å². The third-order valence-corrected chi connectivity index (χ3v) is 4.16. The summed E-state index contributed by atoms with van der Waals surface area (Å²) in [6, 6.07) is 0.896. The normalized spacial score (nSPS) is 24.6. The van der Waals surface area contributed by atoms with Crippen LogP contribution in [0.4, 0.5) is 0 Å². The predicted octanol–water partition coefficient (Wildman–Crippen LogP) is 2.77. The van der Waals surface area contributed by atoms with Gasteiger partial charge in [0, 0.05) is 24.7 Å². The Hall–Kier alpha value is -0.0800. The van der Waals surface area contributed by atoms with Crippen molar-refractivity contribution in [2.45, 2.75) is 70.4 Å². The second-order valence-electron chi connectivity index (χ2n) is 6.44. The highest BCUT2D eigenvalue weighted by molar-refractivity contribution is 4.92. The summed E-state index contributed by atoms with van der Waals surface area (Å²) >= 11 is 0. The van der Waals surface area contributed by atoms with Gasteiger partial charge in [-0.2, -0.15) is 0 Å². The van der Waals surface area contributed by atoms with Gasteiger partial charge in [0.2, 0.25) is 0 Å². The fourth-order valence-electron chi connectivity index (χ4n) is 3.03. The quantitative estimate of drug-likeness (QED) is 0.751. The Balaban J connectivity index is 1.76. The summed E-state index contributed by atoms with van der Waals surface area (Å²) in [5.74, 6) is 0.790. The fraction of sp³-hybridized carbons (Fsp3) is 1.00. The summed E-state index contributed by atoms with van der Waals surface area (Å²) in [5.41, 5.74) is 6.62. The molecule has 0 unspecified atom stereocenters. The van der Waals surface area contributed by atoms with Gasteiger partial charge in [0.05, 0.1) is 0 Å². The molecule has 0 aromatic rings. The first kappa shape index (κ1) is 12.4. The van der Waals surface area contributed by atoms with Crippen molar-refractivity contribution in [2.75, 3.05) is 13.1 Å². The molecule has 0 aromatic heterocycles. The topological polar surface area (TPSA) is 29.3 Å². The van der Waals surface area contributed by atoms with Crippen molar-refractivity contribution in [3.8, 4) is 0 Å². The predicted molar refractivity (Wildman–Crippen MR) is 69.4 cm³/mol. The van der Waals surface area contributed by atoms with Crippen molar-refractivity contribution in [1.29, 1.82) is 0 Å². The van der Waals surface area contributed by atoms with Gasteiger partial charge in [0.15, 0.2) is 0 Å². The highest BCUT2D eigenvalue weighted by Gasteiger charge is 2.33. The van der Waals surface area contributed by atoms with Crippen LogP contribution in [0.15, 0.2) is 0 Å². The fourth-order valence-corrected chi connectivity index (χ4v) is 3.03. The van der Waals surface area contributed by atoms with E-state index in [9.17, 15) is 0 Å². The zero-order chi connectivity index (χ0) is 11.6. The van der Waals surface area contributed by atoms with Crippen LogP contribution >= 0.6 is 0 Å². The highest BCUT2D eigenvalue weighted by Crippen LogP contribution is 2.33. The summed E-state index contributed by atoms with van der Waals surface area (Å²) in [5, 5.41) is 0. The molecule has 2 rings (SSSR count). The Labute approximate surface area is 101 Å². The van der Waals surface area contributed by atoms with E-state index >= 15 is 0 Å². The van der Waals surface area contributed by atoms with Crippen LogP contribution in [-0.2, 0) is 0 Å². The Morgan fingerprint density at radius 2 is 1.88 bits per heavy atom. The van der Waals surface area contributed by atoms with Gasteiger partial charge < -0.3 is 10.6 Å². The highest BCUT2D eigenvalue weighted by atomic mass is 15.2. The first-order valence-corrected chi connectivity index (χ1v) is 7.12. The van der Waals surface area contributed by atoms with Crippen LogP contribution in [0.5, 0.6) is 0 Å². The van der Waals surface area contributed by atoms with E-state index in [0.717, 1.165) is 12.0 Å². The molecule has 0 radical (unpaired) electrons. The summed E-state index contributed by atoms with van der Waals surface area (Å²) in [6.07, 6.45) is 9.28. The Bertz CT molecular complexity index is 215. The SMILES string of the molecule is CC(C)CN(CCC1(N)CCCC1)C1CC1. The van der Waals surface area contributed by atoms with E-state index in [0.29, 0.717) is 0 Å². The maximum atomic E-state index is 6.43. The monoisotopic (exact) mass is 224 g/mol. The van der Waals surface area contributed by atoms with Gasteiger partial charge in [0.1, 0.15) is 0 Å². The smallest absolute Gasteiger partial charge is 0.0166 e. The van der Waals surface area contributed by atoms with Crippen LogP contribution in [0.3, 0.4) is 0 Å². The Morgan fingerprint density at radius 3 is 2.38 bits per heavy atom. The second kappa shape index (κ2) is 5.05. The molecule has 2 heteroatoms. The number of rotatable bonds is 6. The van der Waals surface area contributed by atoms with Crippen LogP contribution in [-0.4, -0.2) is 29.6 Å². The van der Waals surface area contributed by atoms with Gasteiger partial charge >= 0.3 is 0 Å². The number of nitrogens with zero attached hydrogens (tertiary/aromatic N) is 1. The van der Waals surface area contributed by atoms with Crippen molar-refractivity contribution in [3.05, 3.63) is 0 Å². The summed E-state index contributed by atoms with van der Waals surface area (Å²) in [4.78, 5) is 2.69. The lowest BCUT2D eigenvalue weighted by molar-refractivity contribution is 0.208. The molecule has 2 saturated carbocycles. The van der Waals surface area contributed by atoms with Gasteiger partial charge in [-0.15, -0.1) is 0 Å². The van der Waals surface area contributed by atoms with Crippen molar-refractivity contribution in [1.82, 2.24) is 4.90 Å². The lowest BCUT2D eigenvalue weighted by Gasteiger charge is -2.30. The molecule has 2 fully saturated rings. The van der Waals surface area contributed by atoms with E-state index in [1.54, 1.807) is 0 Å². The third kappa shape index (κ3) is 3.46. The van der Waals surface area contributed by atoms with E-state index in [-0.39, 0.29) is 5.54 Å². The number of hydrogen-bond acceptors (Lipinski definition) is 2. The van der Waals surface area contributed by atoms with Crippen LogP contribution in [0.1, 0.15) is 58.8 Å². The standard InChI is InChI=1S/C14H28N2/c1-12(2)11-16(13-5-6-13)10-9-14(15)7-3-4-8-14/h12-13H,3-11,15H2,1-2H3. The Morgan fingerprint density at radius 1 is 1.25 bits per heavy atom. The minimum atomic E-state index is 0.185. The van der Waals surface area contributed by atoms with Crippen molar-refractivity contribution >= 4 is 0 Å². The van der Waals surface area contributed by atoms with E-state index in [1.165, 1.54) is 58.0 Å². The van der Waals surface area contributed by atoms with Crippen molar-refractivity contribution in [2.24, 2.45) is 11.7 Å². The largest absolute Gasteiger partial charge is 0.325 e. The minimum absolute atomic E-state index is 0.185. The summed E-state index contributed by atoms with van der Waals surface area (Å²) in [7, 11) is 0. The molecular weight excluding hydrogens is 196 g/mol. The lowest BCUT2D eigenvalue weighted by Crippen LogP contribution is -2.42. The van der Waals surface area contributed by atoms with Crippen molar-refractivity contribution < 1.29 is 0 Å². The van der Waals surface area contributed by atoms with E-state index in [1.807, 2.05) is 0 Å². The second-order valence-corrected chi connectivity index (χ2v) is 6.44. The van der Waals surface area contributed by atoms with Gasteiger partial charge in [-0.05, 0) is 38.0 Å². The Kier molecular flexibility index (Phi) is 3.91. The molecule has 0 aliphatic heterocycles. The number of nitrogens with two attached hydrogens (primary N) is 1. The molecule has 2 aliphatic rings. The van der Waals surface area contributed by atoms with Crippen LogP contribution in [0.25, 0.3) is 0 Å². The van der Waals surface area contributed by atoms with E-state index in [4.69, 9.17) is 5.73 Å². The molecule has 0 aromatic carbocycles.